The van der Waals surface area contributed by atoms with E-state index in [1.165, 1.54) is 0 Å². The predicted molar refractivity (Wildman–Crippen MR) is 60.8 cm³/mol. The fraction of sp³-hybridized carbons (Fsp3) is 0. The van der Waals surface area contributed by atoms with Crippen molar-refractivity contribution >= 4 is 13.3 Å². The Bertz CT molecular complexity index is 445. The van der Waals surface area contributed by atoms with E-state index in [0.29, 0.717) is 11.1 Å². The summed E-state index contributed by atoms with van der Waals surface area (Å²) in [6.07, 6.45) is 0. The van der Waals surface area contributed by atoms with Crippen molar-refractivity contribution in [2.45, 2.75) is 0 Å². The molecule has 76 valence electrons. The molecule has 0 aliphatic rings. The summed E-state index contributed by atoms with van der Waals surface area (Å²) in [4.78, 5) is 0. The molecule has 0 aromatic heterocycles. The van der Waals surface area contributed by atoms with Crippen LogP contribution in [0.2, 0.25) is 0 Å². The van der Waals surface area contributed by atoms with Crippen molar-refractivity contribution in [3.05, 3.63) is 60.7 Å². The van der Waals surface area contributed by atoms with Crippen LogP contribution >= 0.6 is 8.03 Å². The van der Waals surface area contributed by atoms with Gasteiger partial charge in [-0.05, 0) is 28.8 Å². The number of hydrogen-bond acceptors (Lipinski definition) is 2. The van der Waals surface area contributed by atoms with Crippen LogP contribution in [0.1, 0.15) is 0 Å². The Kier molecular flexibility index (Phi) is 5.31. The molecule has 4 heteroatoms. The quantitative estimate of drug-likeness (QED) is 0.638. The topological polar surface area (TPSA) is 26.3 Å². The molecule has 0 aliphatic heterocycles. The van der Waals surface area contributed by atoms with Crippen LogP contribution in [0.25, 0.3) is 0 Å². The van der Waals surface area contributed by atoms with Gasteiger partial charge in [-0.1, -0.05) is 36.4 Å². The molecular formula is C12H10O2PZn+. The number of para-hydroxylation sites is 1. The van der Waals surface area contributed by atoms with Gasteiger partial charge in [0.2, 0.25) is 5.30 Å². The molecular weight excluding hydrogens is 272 g/mol. The van der Waals surface area contributed by atoms with E-state index in [1.54, 1.807) is 24.3 Å². The maximum Gasteiger partial charge on any atom is 0.597 e. The van der Waals surface area contributed by atoms with E-state index in [4.69, 9.17) is 4.52 Å². The fourth-order valence-corrected chi connectivity index (χ4v) is 2.01. The van der Waals surface area contributed by atoms with Gasteiger partial charge in [0, 0.05) is 19.5 Å². The third-order valence-electron chi connectivity index (χ3n) is 1.90. The Morgan fingerprint density at radius 2 is 1.31 bits per heavy atom. The van der Waals surface area contributed by atoms with Crippen LogP contribution in [0, 0.1) is 0 Å². The Labute approximate surface area is 108 Å². The first-order chi connectivity index (χ1) is 7.36. The fourth-order valence-electron chi connectivity index (χ4n) is 1.18. The number of rotatable bonds is 3. The first kappa shape index (κ1) is 13.0. The van der Waals surface area contributed by atoms with Crippen LogP contribution < -0.4 is 9.83 Å². The van der Waals surface area contributed by atoms with Crippen LogP contribution in [0.15, 0.2) is 60.7 Å². The van der Waals surface area contributed by atoms with Crippen molar-refractivity contribution in [1.29, 1.82) is 0 Å². The van der Waals surface area contributed by atoms with Gasteiger partial charge in [-0.2, -0.15) is 0 Å². The van der Waals surface area contributed by atoms with Crippen LogP contribution in [0.3, 0.4) is 0 Å². The van der Waals surface area contributed by atoms with Gasteiger partial charge in [0.15, 0.2) is 5.75 Å². The van der Waals surface area contributed by atoms with Crippen LogP contribution in [0.4, 0.5) is 0 Å². The van der Waals surface area contributed by atoms with Crippen molar-refractivity contribution in [1.82, 2.24) is 0 Å². The second kappa shape index (κ2) is 6.53. The maximum absolute atomic E-state index is 11.7. The van der Waals surface area contributed by atoms with Gasteiger partial charge in [0.25, 0.3) is 0 Å². The Hall–Kier alpha value is -1.04. The van der Waals surface area contributed by atoms with Gasteiger partial charge in [0.1, 0.15) is 0 Å². The molecule has 2 rings (SSSR count). The molecule has 0 bridgehead atoms. The average molecular weight is 283 g/mol. The minimum atomic E-state index is -1.80. The molecule has 0 amide bonds. The summed E-state index contributed by atoms with van der Waals surface area (Å²) in [7, 11) is -1.80. The van der Waals surface area contributed by atoms with Crippen molar-refractivity contribution < 1.29 is 28.6 Å². The molecule has 16 heavy (non-hydrogen) atoms. The summed E-state index contributed by atoms with van der Waals surface area (Å²) in [6.45, 7) is 0. The normalized spacial score (nSPS) is 10.1. The third kappa shape index (κ3) is 3.52. The Morgan fingerprint density at radius 1 is 0.812 bits per heavy atom. The molecule has 2 nitrogen and oxygen atoms in total. The van der Waals surface area contributed by atoms with Crippen LogP contribution in [-0.4, -0.2) is 0 Å². The van der Waals surface area contributed by atoms with E-state index in [2.05, 4.69) is 0 Å². The second-order valence-electron chi connectivity index (χ2n) is 3.00. The maximum atomic E-state index is 11.7. The van der Waals surface area contributed by atoms with Gasteiger partial charge in [-0.3, -0.25) is 4.52 Å². The van der Waals surface area contributed by atoms with Crippen molar-refractivity contribution in [2.24, 2.45) is 0 Å². The molecule has 2 aromatic rings. The van der Waals surface area contributed by atoms with Gasteiger partial charge in [-0.15, -0.1) is 0 Å². The molecule has 0 saturated carbocycles. The molecule has 0 spiro atoms. The minimum absolute atomic E-state index is 0. The predicted octanol–water partition coefficient (Wildman–Crippen LogP) is 3.13. The summed E-state index contributed by atoms with van der Waals surface area (Å²) in [5.74, 6) is 0.627. The molecule has 0 heterocycles. The van der Waals surface area contributed by atoms with Crippen molar-refractivity contribution in [3.8, 4) is 5.75 Å². The molecule has 0 radical (unpaired) electrons. The van der Waals surface area contributed by atoms with E-state index in [-0.39, 0.29) is 19.5 Å². The van der Waals surface area contributed by atoms with Crippen molar-refractivity contribution in [3.63, 3.8) is 0 Å². The van der Waals surface area contributed by atoms with Gasteiger partial charge >= 0.3 is 8.03 Å². The van der Waals surface area contributed by atoms with E-state index in [0.717, 1.165) is 0 Å². The van der Waals surface area contributed by atoms with Gasteiger partial charge < -0.3 is 0 Å². The summed E-state index contributed by atoms with van der Waals surface area (Å²) < 4.78 is 17.0. The number of hydrogen-bond donors (Lipinski definition) is 0. The van der Waals surface area contributed by atoms with E-state index < -0.39 is 8.03 Å². The molecule has 0 saturated heterocycles. The molecule has 2 aromatic carbocycles. The van der Waals surface area contributed by atoms with Crippen LogP contribution in [0.5, 0.6) is 5.75 Å². The first-order valence-corrected chi connectivity index (χ1v) is 5.79. The first-order valence-electron chi connectivity index (χ1n) is 4.61. The van der Waals surface area contributed by atoms with Crippen LogP contribution in [-0.2, 0) is 24.0 Å². The average Bonchev–Trinajstić information content (AvgIpc) is 2.31. The summed E-state index contributed by atoms with van der Waals surface area (Å²) in [5.41, 5.74) is 0. The standard InChI is InChI=1S/C12H10O2P.Zn/c13-15(12-9-5-2-6-10-12)14-11-7-3-1-4-8-11;/h1-10H;/q+1;. The van der Waals surface area contributed by atoms with E-state index in [1.807, 2.05) is 36.4 Å². The minimum Gasteiger partial charge on any atom is -0.250 e. The Balaban J connectivity index is 0.00000128. The van der Waals surface area contributed by atoms with E-state index in [9.17, 15) is 4.57 Å². The zero-order valence-corrected chi connectivity index (χ0v) is 12.6. The van der Waals surface area contributed by atoms with Gasteiger partial charge in [0.05, 0.1) is 0 Å². The molecule has 0 aliphatic carbocycles. The largest absolute Gasteiger partial charge is 0.597 e. The molecule has 1 unspecified atom stereocenters. The summed E-state index contributed by atoms with van der Waals surface area (Å²) >= 11 is 0. The zero-order valence-electron chi connectivity index (χ0n) is 8.74. The smallest absolute Gasteiger partial charge is 0.250 e. The second-order valence-corrected chi connectivity index (χ2v) is 4.21. The van der Waals surface area contributed by atoms with E-state index >= 15 is 0 Å². The summed E-state index contributed by atoms with van der Waals surface area (Å²) in [5, 5.41) is 0.705. The SMILES string of the molecule is O=[P+](Oc1ccccc1)c1ccccc1.[Zn]. The molecule has 1 atom stereocenters. The Morgan fingerprint density at radius 3 is 1.88 bits per heavy atom. The van der Waals surface area contributed by atoms with Crippen molar-refractivity contribution in [2.75, 3.05) is 0 Å². The molecule has 0 N–H and O–H groups in total. The third-order valence-corrected chi connectivity index (χ3v) is 2.99. The number of benzene rings is 2. The molecule has 0 fully saturated rings. The zero-order chi connectivity index (χ0) is 10.5. The summed E-state index contributed by atoms with van der Waals surface area (Å²) in [6, 6.07) is 18.3. The van der Waals surface area contributed by atoms with Gasteiger partial charge in [-0.25, -0.2) is 0 Å². The monoisotopic (exact) mass is 281 g/mol.